The topological polar surface area (TPSA) is 91.8 Å². The Bertz CT molecular complexity index is 1070. The SMILES string of the molecule is C.COc1cc(CNC2CCC(Nc3nc(N(C)C)c4ccccc4n3)CC2)cc(OC)c1O. The molecule has 1 aromatic heterocycles. The molecule has 0 radical (unpaired) electrons. The normalized spacial score (nSPS) is 17.6. The maximum atomic E-state index is 10.1. The molecule has 1 aliphatic rings. The van der Waals surface area contributed by atoms with Crippen LogP contribution >= 0.6 is 0 Å². The number of rotatable bonds is 8. The van der Waals surface area contributed by atoms with E-state index in [1.54, 1.807) is 14.2 Å². The summed E-state index contributed by atoms with van der Waals surface area (Å²) in [7, 11) is 7.10. The Morgan fingerprint density at radius 2 is 1.59 bits per heavy atom. The summed E-state index contributed by atoms with van der Waals surface area (Å²) in [6.45, 7) is 0.690. The van der Waals surface area contributed by atoms with Crippen LogP contribution in [0.3, 0.4) is 0 Å². The summed E-state index contributed by atoms with van der Waals surface area (Å²) in [6, 6.07) is 12.6. The second kappa shape index (κ2) is 11.2. The van der Waals surface area contributed by atoms with E-state index in [0.717, 1.165) is 48.0 Å². The zero-order valence-corrected chi connectivity index (χ0v) is 19.8. The highest BCUT2D eigenvalue weighted by atomic mass is 16.5. The Balaban J connectivity index is 0.00000324. The van der Waals surface area contributed by atoms with E-state index >= 15 is 0 Å². The molecule has 0 atom stereocenters. The van der Waals surface area contributed by atoms with Crippen LogP contribution in [0, 0.1) is 0 Å². The second-order valence-corrected chi connectivity index (χ2v) is 8.71. The fraction of sp³-hybridized carbons (Fsp3) is 0.462. The number of hydrogen-bond donors (Lipinski definition) is 3. The van der Waals surface area contributed by atoms with Crippen molar-refractivity contribution in [1.29, 1.82) is 0 Å². The van der Waals surface area contributed by atoms with E-state index in [1.165, 1.54) is 0 Å². The first-order valence-corrected chi connectivity index (χ1v) is 11.4. The Labute approximate surface area is 202 Å². The van der Waals surface area contributed by atoms with Gasteiger partial charge in [0.1, 0.15) is 5.82 Å². The number of fused-ring (bicyclic) bond motifs is 1. The number of nitrogens with one attached hydrogen (secondary N) is 2. The molecule has 8 nitrogen and oxygen atoms in total. The van der Waals surface area contributed by atoms with Crippen molar-refractivity contribution in [3.05, 3.63) is 42.0 Å². The molecule has 8 heteroatoms. The molecule has 34 heavy (non-hydrogen) atoms. The monoisotopic (exact) mass is 467 g/mol. The number of phenolic OH excluding ortho intramolecular Hbond substituents is 1. The van der Waals surface area contributed by atoms with Gasteiger partial charge in [-0.25, -0.2) is 4.98 Å². The minimum absolute atomic E-state index is 0. The zero-order chi connectivity index (χ0) is 23.4. The van der Waals surface area contributed by atoms with Gasteiger partial charge in [-0.1, -0.05) is 19.6 Å². The molecule has 0 unspecified atom stereocenters. The number of methoxy groups -OCH3 is 2. The molecule has 0 bridgehead atoms. The molecule has 1 saturated carbocycles. The fourth-order valence-corrected chi connectivity index (χ4v) is 4.40. The van der Waals surface area contributed by atoms with E-state index in [-0.39, 0.29) is 13.2 Å². The lowest BCUT2D eigenvalue weighted by atomic mass is 9.91. The van der Waals surface area contributed by atoms with E-state index in [4.69, 9.17) is 19.4 Å². The average Bonchev–Trinajstić information content (AvgIpc) is 2.83. The number of para-hydroxylation sites is 1. The summed E-state index contributed by atoms with van der Waals surface area (Å²) >= 11 is 0. The van der Waals surface area contributed by atoms with Gasteiger partial charge in [0.25, 0.3) is 0 Å². The molecular formula is C26H37N5O3. The Morgan fingerprint density at radius 3 is 2.21 bits per heavy atom. The number of aromatic nitrogens is 2. The molecule has 2 aromatic carbocycles. The molecule has 0 amide bonds. The van der Waals surface area contributed by atoms with Crippen molar-refractivity contribution in [3.8, 4) is 17.2 Å². The number of phenols is 1. The summed E-state index contributed by atoms with van der Waals surface area (Å²) in [4.78, 5) is 11.5. The third-order valence-electron chi connectivity index (χ3n) is 6.20. The number of ether oxygens (including phenoxy) is 2. The summed E-state index contributed by atoms with van der Waals surface area (Å²) in [5.74, 6) is 2.50. The van der Waals surface area contributed by atoms with Crippen molar-refractivity contribution in [2.75, 3.05) is 38.5 Å². The van der Waals surface area contributed by atoms with Gasteiger partial charge in [-0.05, 0) is 55.5 Å². The molecule has 0 spiro atoms. The standard InChI is InChI=1S/C25H33N5O3.CH4/c1-30(2)24-19-7-5-6-8-20(19)28-25(29-24)27-18-11-9-17(10-12-18)26-15-16-13-21(32-3)23(31)22(14-16)33-4;/h5-8,13-14,17-18,26,31H,9-12,15H2,1-4H3,(H,27,28,29);1H4. The minimum atomic E-state index is 0. The van der Waals surface area contributed by atoms with Crippen LogP contribution < -0.4 is 25.0 Å². The summed E-state index contributed by atoms with van der Waals surface area (Å²) in [5.41, 5.74) is 1.97. The lowest BCUT2D eigenvalue weighted by molar-refractivity contribution is 0.336. The van der Waals surface area contributed by atoms with Crippen molar-refractivity contribution < 1.29 is 14.6 Å². The zero-order valence-electron chi connectivity index (χ0n) is 19.8. The number of anilines is 2. The molecule has 1 heterocycles. The van der Waals surface area contributed by atoms with Crippen molar-refractivity contribution in [2.24, 2.45) is 0 Å². The fourth-order valence-electron chi connectivity index (χ4n) is 4.40. The van der Waals surface area contributed by atoms with Gasteiger partial charge in [-0.15, -0.1) is 0 Å². The average molecular weight is 468 g/mol. The molecule has 3 aromatic rings. The van der Waals surface area contributed by atoms with Gasteiger partial charge in [-0.2, -0.15) is 4.98 Å². The molecule has 0 aliphatic heterocycles. The quantitative estimate of drug-likeness (QED) is 0.444. The Morgan fingerprint density at radius 1 is 0.971 bits per heavy atom. The Kier molecular flexibility index (Phi) is 8.39. The van der Waals surface area contributed by atoms with E-state index < -0.39 is 0 Å². The first-order valence-electron chi connectivity index (χ1n) is 11.4. The van der Waals surface area contributed by atoms with Crippen LogP contribution in [0.1, 0.15) is 38.7 Å². The molecule has 184 valence electrons. The lowest BCUT2D eigenvalue weighted by Gasteiger charge is -2.30. The maximum Gasteiger partial charge on any atom is 0.225 e. The van der Waals surface area contributed by atoms with Crippen LogP contribution in [0.4, 0.5) is 11.8 Å². The molecular weight excluding hydrogens is 430 g/mol. The summed E-state index contributed by atoms with van der Waals surface area (Å²) < 4.78 is 10.5. The van der Waals surface area contributed by atoms with Crippen LogP contribution in [-0.4, -0.2) is 55.5 Å². The minimum Gasteiger partial charge on any atom is -0.502 e. The predicted octanol–water partition coefficient (Wildman–Crippen LogP) is 4.57. The van der Waals surface area contributed by atoms with Crippen LogP contribution in [-0.2, 0) is 6.54 Å². The highest BCUT2D eigenvalue weighted by Gasteiger charge is 2.22. The van der Waals surface area contributed by atoms with Crippen LogP contribution in [0.15, 0.2) is 36.4 Å². The highest BCUT2D eigenvalue weighted by molar-refractivity contribution is 5.90. The van der Waals surface area contributed by atoms with Crippen molar-refractivity contribution in [2.45, 2.75) is 51.7 Å². The highest BCUT2D eigenvalue weighted by Crippen LogP contribution is 2.37. The van der Waals surface area contributed by atoms with Gasteiger partial charge >= 0.3 is 0 Å². The molecule has 3 N–H and O–H groups in total. The molecule has 0 saturated heterocycles. The third kappa shape index (κ3) is 5.62. The van der Waals surface area contributed by atoms with Gasteiger partial charge in [0.05, 0.1) is 19.7 Å². The number of benzene rings is 2. The smallest absolute Gasteiger partial charge is 0.225 e. The van der Waals surface area contributed by atoms with Gasteiger partial charge in [-0.3, -0.25) is 0 Å². The number of nitrogens with zero attached hydrogens (tertiary/aromatic N) is 3. The maximum absolute atomic E-state index is 10.1. The van der Waals surface area contributed by atoms with Crippen molar-refractivity contribution >= 4 is 22.7 Å². The summed E-state index contributed by atoms with van der Waals surface area (Å²) in [6.07, 6.45) is 4.23. The van der Waals surface area contributed by atoms with E-state index in [9.17, 15) is 5.11 Å². The number of aromatic hydroxyl groups is 1. The van der Waals surface area contributed by atoms with Gasteiger partial charge < -0.3 is 30.1 Å². The first kappa shape index (κ1) is 25.4. The third-order valence-corrected chi connectivity index (χ3v) is 6.20. The molecule has 1 aliphatic carbocycles. The number of hydrogen-bond acceptors (Lipinski definition) is 8. The molecule has 1 fully saturated rings. The van der Waals surface area contributed by atoms with Gasteiger partial charge in [0.2, 0.25) is 11.7 Å². The molecule has 4 rings (SSSR count). The van der Waals surface area contributed by atoms with Gasteiger partial charge in [0.15, 0.2) is 11.5 Å². The second-order valence-electron chi connectivity index (χ2n) is 8.71. The summed E-state index contributed by atoms with van der Waals surface area (Å²) in [5, 5.41) is 18.4. The van der Waals surface area contributed by atoms with Crippen molar-refractivity contribution in [3.63, 3.8) is 0 Å². The predicted molar refractivity (Wildman–Crippen MR) is 138 cm³/mol. The largest absolute Gasteiger partial charge is 0.502 e. The first-order chi connectivity index (χ1) is 16.0. The van der Waals surface area contributed by atoms with E-state index in [2.05, 4.69) is 16.7 Å². The van der Waals surface area contributed by atoms with Crippen LogP contribution in [0.25, 0.3) is 10.9 Å². The Hall–Kier alpha value is -3.26. The van der Waals surface area contributed by atoms with Gasteiger partial charge in [0, 0.05) is 38.1 Å². The van der Waals surface area contributed by atoms with E-state index in [1.807, 2.05) is 49.3 Å². The van der Waals surface area contributed by atoms with Crippen LogP contribution in [0.5, 0.6) is 17.2 Å². The van der Waals surface area contributed by atoms with Crippen LogP contribution in [0.2, 0.25) is 0 Å². The van der Waals surface area contributed by atoms with E-state index in [0.29, 0.717) is 36.1 Å². The lowest BCUT2D eigenvalue weighted by Crippen LogP contribution is -2.37. The van der Waals surface area contributed by atoms with Crippen molar-refractivity contribution in [1.82, 2.24) is 15.3 Å².